The van der Waals surface area contributed by atoms with E-state index in [0.29, 0.717) is 18.4 Å². The van der Waals surface area contributed by atoms with E-state index in [-0.39, 0.29) is 0 Å². The van der Waals surface area contributed by atoms with Gasteiger partial charge < -0.3 is 15.2 Å². The molecule has 1 aliphatic rings. The molecule has 0 heterocycles. The second-order valence-electron chi connectivity index (χ2n) is 4.57. The number of nitrogen functional groups attached to an aromatic ring is 1. The Kier molecular flexibility index (Phi) is 4.13. The van der Waals surface area contributed by atoms with Gasteiger partial charge in [0.25, 0.3) is 0 Å². The maximum absolute atomic E-state index is 5.92. The lowest BCUT2D eigenvalue weighted by molar-refractivity contribution is 0.208. The molecule has 2 N–H and O–H groups in total. The Morgan fingerprint density at radius 1 is 1.29 bits per heavy atom. The van der Waals surface area contributed by atoms with Gasteiger partial charge in [0.1, 0.15) is 11.5 Å². The van der Waals surface area contributed by atoms with Crippen molar-refractivity contribution in [2.24, 2.45) is 0 Å². The van der Waals surface area contributed by atoms with Gasteiger partial charge >= 0.3 is 0 Å². The van der Waals surface area contributed by atoms with Crippen molar-refractivity contribution in [1.29, 1.82) is 0 Å². The molecule has 0 unspecified atom stereocenters. The van der Waals surface area contributed by atoms with E-state index in [1.807, 2.05) is 18.2 Å². The first-order chi connectivity index (χ1) is 8.29. The number of ether oxygens (including phenoxy) is 2. The van der Waals surface area contributed by atoms with E-state index in [0.717, 1.165) is 30.8 Å². The van der Waals surface area contributed by atoms with Crippen molar-refractivity contribution in [1.82, 2.24) is 0 Å². The highest BCUT2D eigenvalue weighted by molar-refractivity contribution is 5.55. The fourth-order valence-corrected chi connectivity index (χ4v) is 2.12. The Bertz CT molecular complexity index is 359. The summed E-state index contributed by atoms with van der Waals surface area (Å²) < 4.78 is 11.5. The highest BCUT2D eigenvalue weighted by atomic mass is 16.5. The third kappa shape index (κ3) is 3.29. The van der Waals surface area contributed by atoms with Crippen LogP contribution in [0.2, 0.25) is 0 Å². The highest BCUT2D eigenvalue weighted by Crippen LogP contribution is 2.30. The van der Waals surface area contributed by atoms with Crippen LogP contribution in [0.15, 0.2) is 18.2 Å². The summed E-state index contributed by atoms with van der Waals surface area (Å²) in [5.41, 5.74) is 6.54. The fraction of sp³-hybridized carbons (Fsp3) is 0.571. The smallest absolute Gasteiger partial charge is 0.145 e. The molecule has 2 rings (SSSR count). The molecule has 0 bridgehead atoms. The van der Waals surface area contributed by atoms with Gasteiger partial charge in [-0.3, -0.25) is 0 Å². The summed E-state index contributed by atoms with van der Waals surface area (Å²) in [6, 6.07) is 5.69. The first kappa shape index (κ1) is 12.1. The molecule has 1 aromatic rings. The number of rotatable bonds is 5. The molecule has 0 amide bonds. The maximum Gasteiger partial charge on any atom is 0.145 e. The lowest BCUT2D eigenvalue weighted by atomic mass is 10.2. The molecule has 0 aliphatic heterocycles. The minimum absolute atomic E-state index is 0.373. The fourth-order valence-electron chi connectivity index (χ4n) is 2.12. The average Bonchev–Trinajstić information content (AvgIpc) is 2.82. The molecular formula is C14H21NO2. The predicted octanol–water partition coefficient (Wildman–Crippen LogP) is 3.38. The van der Waals surface area contributed by atoms with Crippen LogP contribution in [-0.4, -0.2) is 12.7 Å². The van der Waals surface area contributed by atoms with Crippen molar-refractivity contribution in [3.8, 4) is 11.5 Å². The van der Waals surface area contributed by atoms with E-state index in [1.54, 1.807) is 0 Å². The summed E-state index contributed by atoms with van der Waals surface area (Å²) in [5, 5.41) is 0. The zero-order valence-corrected chi connectivity index (χ0v) is 10.4. The van der Waals surface area contributed by atoms with Gasteiger partial charge in [-0.15, -0.1) is 0 Å². The Balaban J connectivity index is 2.01. The molecule has 0 radical (unpaired) electrons. The normalized spacial score (nSPS) is 16.1. The van der Waals surface area contributed by atoms with Crippen LogP contribution < -0.4 is 15.2 Å². The summed E-state index contributed by atoms with van der Waals surface area (Å²) in [6.45, 7) is 2.77. The van der Waals surface area contributed by atoms with Gasteiger partial charge in [0.2, 0.25) is 0 Å². The predicted molar refractivity (Wildman–Crippen MR) is 69.5 cm³/mol. The second kappa shape index (κ2) is 5.80. The second-order valence-corrected chi connectivity index (χ2v) is 4.57. The van der Waals surface area contributed by atoms with Crippen LogP contribution in [0.4, 0.5) is 5.69 Å². The van der Waals surface area contributed by atoms with Crippen molar-refractivity contribution in [2.45, 2.75) is 45.1 Å². The van der Waals surface area contributed by atoms with Crippen LogP contribution >= 0.6 is 0 Å². The zero-order valence-electron chi connectivity index (χ0n) is 10.4. The molecule has 0 spiro atoms. The lowest BCUT2D eigenvalue weighted by Gasteiger charge is -2.15. The van der Waals surface area contributed by atoms with Crippen molar-refractivity contribution >= 4 is 5.69 Å². The first-order valence-corrected chi connectivity index (χ1v) is 6.48. The Morgan fingerprint density at radius 2 is 2.06 bits per heavy atom. The number of hydrogen-bond donors (Lipinski definition) is 1. The number of anilines is 1. The van der Waals surface area contributed by atoms with Gasteiger partial charge in [0.05, 0.1) is 18.4 Å². The molecular weight excluding hydrogens is 214 g/mol. The van der Waals surface area contributed by atoms with Crippen LogP contribution in [0.25, 0.3) is 0 Å². The maximum atomic E-state index is 5.92. The molecule has 3 nitrogen and oxygen atoms in total. The number of hydrogen-bond acceptors (Lipinski definition) is 3. The lowest BCUT2D eigenvalue weighted by Crippen LogP contribution is -2.11. The zero-order chi connectivity index (χ0) is 12.1. The van der Waals surface area contributed by atoms with Crippen LogP contribution in [0.3, 0.4) is 0 Å². The van der Waals surface area contributed by atoms with E-state index in [1.165, 1.54) is 12.8 Å². The van der Waals surface area contributed by atoms with E-state index < -0.39 is 0 Å². The largest absolute Gasteiger partial charge is 0.491 e. The summed E-state index contributed by atoms with van der Waals surface area (Å²) in [7, 11) is 0. The quantitative estimate of drug-likeness (QED) is 0.796. The topological polar surface area (TPSA) is 44.5 Å². The summed E-state index contributed by atoms with van der Waals surface area (Å²) in [5.74, 6) is 1.61. The van der Waals surface area contributed by atoms with Gasteiger partial charge in [-0.2, -0.15) is 0 Å². The first-order valence-electron chi connectivity index (χ1n) is 6.48. The number of nitrogens with two attached hydrogens (primary N) is 1. The summed E-state index contributed by atoms with van der Waals surface area (Å²) in [6.07, 6.45) is 6.23. The Morgan fingerprint density at radius 3 is 2.76 bits per heavy atom. The van der Waals surface area contributed by atoms with Crippen molar-refractivity contribution < 1.29 is 9.47 Å². The molecule has 1 aliphatic carbocycles. The molecule has 1 aromatic carbocycles. The van der Waals surface area contributed by atoms with Crippen LogP contribution in [-0.2, 0) is 0 Å². The van der Waals surface area contributed by atoms with E-state index in [2.05, 4.69) is 6.92 Å². The SMILES string of the molecule is CCCOc1cc(OC2CCCC2)ccc1N. The minimum atomic E-state index is 0.373. The molecule has 17 heavy (non-hydrogen) atoms. The van der Waals surface area contributed by atoms with Crippen LogP contribution in [0.1, 0.15) is 39.0 Å². The number of benzene rings is 1. The molecule has 0 atom stereocenters. The van der Waals surface area contributed by atoms with Crippen molar-refractivity contribution in [3.05, 3.63) is 18.2 Å². The summed E-state index contributed by atoms with van der Waals surface area (Å²) in [4.78, 5) is 0. The van der Waals surface area contributed by atoms with E-state index in [4.69, 9.17) is 15.2 Å². The van der Waals surface area contributed by atoms with E-state index in [9.17, 15) is 0 Å². The standard InChI is InChI=1S/C14H21NO2/c1-2-9-16-14-10-12(7-8-13(14)15)17-11-5-3-4-6-11/h7-8,10-11H,2-6,9,15H2,1H3. The van der Waals surface area contributed by atoms with Crippen molar-refractivity contribution in [2.75, 3.05) is 12.3 Å². The monoisotopic (exact) mass is 235 g/mol. The van der Waals surface area contributed by atoms with Gasteiger partial charge in [-0.05, 0) is 44.2 Å². The third-order valence-electron chi connectivity index (χ3n) is 3.05. The Hall–Kier alpha value is -1.38. The molecule has 1 fully saturated rings. The molecule has 1 saturated carbocycles. The third-order valence-corrected chi connectivity index (χ3v) is 3.05. The van der Waals surface area contributed by atoms with E-state index >= 15 is 0 Å². The van der Waals surface area contributed by atoms with Crippen molar-refractivity contribution in [3.63, 3.8) is 0 Å². The van der Waals surface area contributed by atoms with Gasteiger partial charge in [-0.1, -0.05) is 6.92 Å². The Labute approximate surface area is 103 Å². The molecule has 94 valence electrons. The minimum Gasteiger partial charge on any atom is -0.491 e. The molecule has 0 saturated heterocycles. The average molecular weight is 235 g/mol. The van der Waals surface area contributed by atoms with Gasteiger partial charge in [0.15, 0.2) is 0 Å². The van der Waals surface area contributed by atoms with Crippen LogP contribution in [0, 0.1) is 0 Å². The molecule has 3 heteroatoms. The van der Waals surface area contributed by atoms with Gasteiger partial charge in [0, 0.05) is 6.07 Å². The molecule has 0 aromatic heterocycles. The van der Waals surface area contributed by atoms with Crippen LogP contribution in [0.5, 0.6) is 11.5 Å². The summed E-state index contributed by atoms with van der Waals surface area (Å²) >= 11 is 0. The highest BCUT2D eigenvalue weighted by Gasteiger charge is 2.16. The van der Waals surface area contributed by atoms with Gasteiger partial charge in [-0.25, -0.2) is 0 Å².